The summed E-state index contributed by atoms with van der Waals surface area (Å²) in [6, 6.07) is 17.2. The van der Waals surface area contributed by atoms with Crippen molar-refractivity contribution in [2.45, 2.75) is 13.0 Å². The molecule has 0 aliphatic rings. The number of carbonyl (C=O) groups excluding carboxylic acids is 2. The van der Waals surface area contributed by atoms with E-state index in [1.54, 1.807) is 19.3 Å². The van der Waals surface area contributed by atoms with Gasteiger partial charge in [-0.2, -0.15) is 0 Å². The molecule has 3 rings (SSSR count). The molecule has 154 valence electrons. The van der Waals surface area contributed by atoms with E-state index < -0.39 is 23.7 Å². The molecule has 3 aromatic rings. The minimum atomic E-state index is -0.997. The van der Waals surface area contributed by atoms with Crippen LogP contribution in [0.2, 0.25) is 0 Å². The molecular weight excluding hydrogens is 387 g/mol. The molecule has 7 heteroatoms. The highest BCUT2D eigenvalue weighted by Gasteiger charge is 2.16. The number of hydrazine groups is 1. The van der Waals surface area contributed by atoms with Crippen LogP contribution in [-0.2, 0) is 9.59 Å². The summed E-state index contributed by atoms with van der Waals surface area (Å²) in [7, 11) is 1.61. The lowest BCUT2D eigenvalue weighted by atomic mass is 10.1. The summed E-state index contributed by atoms with van der Waals surface area (Å²) in [6.07, 6.45) is 1.93. The molecule has 0 unspecified atom stereocenters. The number of fused-ring (bicyclic) bond motifs is 1. The minimum absolute atomic E-state index is 0.0414. The Labute approximate surface area is 173 Å². The van der Waals surface area contributed by atoms with Crippen molar-refractivity contribution in [1.29, 1.82) is 0 Å². The Hall–Kier alpha value is -3.87. The minimum Gasteiger partial charge on any atom is -0.497 e. The molecule has 0 fully saturated rings. The highest BCUT2D eigenvalue weighted by Crippen LogP contribution is 2.22. The average molecular weight is 408 g/mol. The second-order valence-corrected chi connectivity index (χ2v) is 6.47. The Morgan fingerprint density at radius 2 is 1.73 bits per heavy atom. The van der Waals surface area contributed by atoms with Gasteiger partial charge in [-0.25, -0.2) is 4.39 Å². The van der Waals surface area contributed by atoms with Gasteiger partial charge in [0.15, 0.2) is 17.7 Å². The van der Waals surface area contributed by atoms with Gasteiger partial charge in [-0.1, -0.05) is 30.3 Å². The van der Waals surface area contributed by atoms with Crippen molar-refractivity contribution in [3.05, 3.63) is 78.1 Å². The fourth-order valence-corrected chi connectivity index (χ4v) is 2.70. The molecule has 0 saturated heterocycles. The van der Waals surface area contributed by atoms with E-state index in [-0.39, 0.29) is 5.75 Å². The predicted molar refractivity (Wildman–Crippen MR) is 112 cm³/mol. The zero-order valence-corrected chi connectivity index (χ0v) is 16.5. The summed E-state index contributed by atoms with van der Waals surface area (Å²) < 4.78 is 24.0. The van der Waals surface area contributed by atoms with Crippen LogP contribution in [0.1, 0.15) is 12.5 Å². The average Bonchev–Trinajstić information content (AvgIpc) is 2.76. The number of para-hydroxylation sites is 1. The van der Waals surface area contributed by atoms with Crippen LogP contribution in [0.15, 0.2) is 66.7 Å². The van der Waals surface area contributed by atoms with Crippen molar-refractivity contribution in [3.63, 3.8) is 0 Å². The molecule has 2 amide bonds. The van der Waals surface area contributed by atoms with Gasteiger partial charge in [0.1, 0.15) is 5.75 Å². The predicted octanol–water partition coefficient (Wildman–Crippen LogP) is 3.62. The van der Waals surface area contributed by atoms with Crippen molar-refractivity contribution >= 4 is 28.7 Å². The summed E-state index contributed by atoms with van der Waals surface area (Å²) in [5.74, 6) is -0.969. The standard InChI is InChI=1S/C23H21FN2O4/c1-15(30-21-6-4-3-5-20(21)24)23(28)26-25-22(27)12-8-16-7-9-18-14-19(29-2)11-10-17(18)13-16/h3-15H,1-2H3,(H,25,27)(H,26,28)/b12-8+/t15-/m0/s1. The topological polar surface area (TPSA) is 76.7 Å². The van der Waals surface area contributed by atoms with E-state index in [4.69, 9.17) is 9.47 Å². The lowest BCUT2D eigenvalue weighted by Gasteiger charge is -2.15. The van der Waals surface area contributed by atoms with Crippen molar-refractivity contribution in [2.75, 3.05) is 7.11 Å². The fourth-order valence-electron chi connectivity index (χ4n) is 2.70. The van der Waals surface area contributed by atoms with E-state index in [0.29, 0.717) is 0 Å². The third-order valence-corrected chi connectivity index (χ3v) is 4.32. The molecule has 0 bridgehead atoms. The molecule has 0 saturated carbocycles. The molecule has 0 aromatic heterocycles. The van der Waals surface area contributed by atoms with Crippen LogP contribution in [0.5, 0.6) is 11.5 Å². The third-order valence-electron chi connectivity index (χ3n) is 4.32. The zero-order valence-electron chi connectivity index (χ0n) is 16.5. The molecule has 1 atom stereocenters. The Morgan fingerprint density at radius 1 is 1.00 bits per heavy atom. The Kier molecular flexibility index (Phi) is 6.64. The van der Waals surface area contributed by atoms with Gasteiger partial charge in [0, 0.05) is 6.08 Å². The summed E-state index contributed by atoms with van der Waals surface area (Å²) >= 11 is 0. The maximum atomic E-state index is 13.6. The molecule has 30 heavy (non-hydrogen) atoms. The highest BCUT2D eigenvalue weighted by molar-refractivity contribution is 5.94. The number of halogens is 1. The Balaban J connectivity index is 1.53. The lowest BCUT2D eigenvalue weighted by molar-refractivity contribution is -0.131. The van der Waals surface area contributed by atoms with E-state index in [9.17, 15) is 14.0 Å². The van der Waals surface area contributed by atoms with E-state index in [1.807, 2.05) is 36.4 Å². The monoisotopic (exact) mass is 408 g/mol. The van der Waals surface area contributed by atoms with Crippen molar-refractivity contribution in [3.8, 4) is 11.5 Å². The zero-order chi connectivity index (χ0) is 21.5. The van der Waals surface area contributed by atoms with Crippen LogP contribution >= 0.6 is 0 Å². The van der Waals surface area contributed by atoms with Crippen LogP contribution in [0.4, 0.5) is 4.39 Å². The van der Waals surface area contributed by atoms with Gasteiger partial charge in [0.2, 0.25) is 0 Å². The first-order chi connectivity index (χ1) is 14.5. The lowest BCUT2D eigenvalue weighted by Crippen LogP contribution is -2.46. The molecule has 0 heterocycles. The van der Waals surface area contributed by atoms with E-state index >= 15 is 0 Å². The van der Waals surface area contributed by atoms with Gasteiger partial charge >= 0.3 is 0 Å². The number of ether oxygens (including phenoxy) is 2. The molecule has 6 nitrogen and oxygen atoms in total. The molecule has 2 N–H and O–H groups in total. The van der Waals surface area contributed by atoms with E-state index in [2.05, 4.69) is 10.9 Å². The molecule has 0 spiro atoms. The van der Waals surface area contributed by atoms with Gasteiger partial charge < -0.3 is 9.47 Å². The summed E-state index contributed by atoms with van der Waals surface area (Å²) in [6.45, 7) is 1.45. The number of nitrogens with one attached hydrogen (secondary N) is 2. The first-order valence-corrected chi connectivity index (χ1v) is 9.23. The largest absolute Gasteiger partial charge is 0.497 e. The third kappa shape index (κ3) is 5.35. The summed E-state index contributed by atoms with van der Waals surface area (Å²) in [5, 5.41) is 2.03. The second-order valence-electron chi connectivity index (χ2n) is 6.47. The van der Waals surface area contributed by atoms with Crippen LogP contribution in [0, 0.1) is 5.82 Å². The second kappa shape index (κ2) is 9.56. The van der Waals surface area contributed by atoms with Gasteiger partial charge in [0.25, 0.3) is 11.8 Å². The first kappa shape index (κ1) is 20.9. The maximum absolute atomic E-state index is 13.6. The SMILES string of the molecule is COc1ccc2cc(/C=C/C(=O)NNC(=O)[C@H](C)Oc3ccccc3F)ccc2c1. The van der Waals surface area contributed by atoms with Gasteiger partial charge in [-0.05, 0) is 59.7 Å². The van der Waals surface area contributed by atoms with Gasteiger partial charge in [-0.15, -0.1) is 0 Å². The van der Waals surface area contributed by atoms with Crippen LogP contribution in [0.3, 0.4) is 0 Å². The number of amides is 2. The quantitative estimate of drug-likeness (QED) is 0.483. The summed E-state index contributed by atoms with van der Waals surface area (Å²) in [4.78, 5) is 24.0. The number of carbonyl (C=O) groups is 2. The summed E-state index contributed by atoms with van der Waals surface area (Å²) in [5.41, 5.74) is 5.34. The molecule has 0 aliphatic heterocycles. The van der Waals surface area contributed by atoms with Crippen LogP contribution < -0.4 is 20.3 Å². The van der Waals surface area contributed by atoms with E-state index in [1.165, 1.54) is 31.2 Å². The number of rotatable bonds is 6. The number of hydrogen-bond acceptors (Lipinski definition) is 4. The molecular formula is C23H21FN2O4. The first-order valence-electron chi connectivity index (χ1n) is 9.23. The van der Waals surface area contributed by atoms with Crippen LogP contribution in [0.25, 0.3) is 16.8 Å². The Morgan fingerprint density at radius 3 is 2.50 bits per heavy atom. The fraction of sp³-hybridized carbons (Fsp3) is 0.130. The number of methoxy groups -OCH3 is 1. The van der Waals surface area contributed by atoms with Crippen molar-refractivity contribution < 1.29 is 23.5 Å². The van der Waals surface area contributed by atoms with E-state index in [0.717, 1.165) is 22.1 Å². The van der Waals surface area contributed by atoms with Gasteiger partial charge in [0.05, 0.1) is 7.11 Å². The normalized spacial score (nSPS) is 11.8. The van der Waals surface area contributed by atoms with Crippen LogP contribution in [-0.4, -0.2) is 25.0 Å². The van der Waals surface area contributed by atoms with Crippen molar-refractivity contribution in [2.24, 2.45) is 0 Å². The number of hydrogen-bond donors (Lipinski definition) is 2. The van der Waals surface area contributed by atoms with Gasteiger partial charge in [-0.3, -0.25) is 20.4 Å². The Bertz CT molecular complexity index is 1100. The maximum Gasteiger partial charge on any atom is 0.279 e. The highest BCUT2D eigenvalue weighted by atomic mass is 19.1. The molecule has 0 radical (unpaired) electrons. The molecule has 3 aromatic carbocycles. The number of benzene rings is 3. The molecule has 0 aliphatic carbocycles. The smallest absolute Gasteiger partial charge is 0.279 e. The van der Waals surface area contributed by atoms with Crippen molar-refractivity contribution in [1.82, 2.24) is 10.9 Å².